The number of fused-ring (bicyclic) bond motifs is 6. The van der Waals surface area contributed by atoms with Crippen molar-refractivity contribution in [2.45, 2.75) is 101 Å². The first-order valence-corrected chi connectivity index (χ1v) is 19.2. The number of carbonyl (C=O) groups is 2. The Labute approximate surface area is 277 Å². The molecule has 3 unspecified atom stereocenters. The van der Waals surface area contributed by atoms with E-state index in [4.69, 9.17) is 0 Å². The second-order valence-electron chi connectivity index (χ2n) is 15.0. The minimum atomic E-state index is -3.70. The molecule has 3 aliphatic heterocycles. The summed E-state index contributed by atoms with van der Waals surface area (Å²) in [6.07, 6.45) is 9.34. The number of phenols is 1. The van der Waals surface area contributed by atoms with Crippen LogP contribution in [0.25, 0.3) is 22.2 Å². The molecule has 2 saturated heterocycles. The molecule has 4 fully saturated rings. The Kier molecular flexibility index (Phi) is 7.30. The van der Waals surface area contributed by atoms with Crippen molar-refractivity contribution in [3.05, 3.63) is 53.1 Å². The number of aromatic hydroxyl groups is 1. The summed E-state index contributed by atoms with van der Waals surface area (Å²) >= 11 is 0. The Hall–Kier alpha value is -3.37. The van der Waals surface area contributed by atoms with Crippen LogP contribution in [0.2, 0.25) is 0 Å². The molecule has 3 N–H and O–H groups in total. The van der Waals surface area contributed by atoms with Gasteiger partial charge in [-0.05, 0) is 92.3 Å². The van der Waals surface area contributed by atoms with E-state index >= 15 is 0 Å². The zero-order chi connectivity index (χ0) is 32.7. The second kappa shape index (κ2) is 11.1. The van der Waals surface area contributed by atoms with Gasteiger partial charge >= 0.3 is 0 Å². The number of rotatable bonds is 7. The minimum absolute atomic E-state index is 0.0408. The summed E-state index contributed by atoms with van der Waals surface area (Å²) in [5, 5.41) is 14.9. The molecule has 2 aromatic carbocycles. The van der Waals surface area contributed by atoms with Crippen molar-refractivity contribution in [3.63, 3.8) is 0 Å². The molecule has 2 aliphatic carbocycles. The summed E-state index contributed by atoms with van der Waals surface area (Å²) in [6, 6.07) is 11.1. The van der Waals surface area contributed by atoms with Gasteiger partial charge < -0.3 is 19.9 Å². The fourth-order valence-electron chi connectivity index (χ4n) is 9.51. The van der Waals surface area contributed by atoms with Crippen LogP contribution in [0.5, 0.6) is 5.75 Å². The number of hydrogen-bond acceptors (Lipinski definition) is 6. The molecule has 3 atom stereocenters. The van der Waals surface area contributed by atoms with Crippen LogP contribution >= 0.6 is 0 Å². The first kappa shape index (κ1) is 30.9. The van der Waals surface area contributed by atoms with Gasteiger partial charge in [0.1, 0.15) is 5.75 Å². The molecule has 2 saturated carbocycles. The lowest BCUT2D eigenvalue weighted by Gasteiger charge is -2.55. The molecule has 47 heavy (non-hydrogen) atoms. The molecule has 0 radical (unpaired) electrons. The number of nitrogens with zero attached hydrogens (tertiary/aromatic N) is 2. The van der Waals surface area contributed by atoms with Gasteiger partial charge in [0, 0.05) is 59.2 Å². The topological polar surface area (TPSA) is 121 Å². The lowest BCUT2D eigenvalue weighted by Crippen LogP contribution is -2.72. The number of likely N-dealkylation sites (tertiary alicyclic amines) is 1. The third kappa shape index (κ3) is 4.84. The quantitative estimate of drug-likeness (QED) is 0.311. The predicted molar refractivity (Wildman–Crippen MR) is 182 cm³/mol. The highest BCUT2D eigenvalue weighted by atomic mass is 32.2. The van der Waals surface area contributed by atoms with E-state index in [2.05, 4.69) is 33.4 Å². The maximum absolute atomic E-state index is 14.6. The molecule has 8 rings (SSSR count). The Morgan fingerprint density at radius 1 is 1.00 bits per heavy atom. The van der Waals surface area contributed by atoms with Gasteiger partial charge in [-0.1, -0.05) is 39.2 Å². The number of hydrogen-bond donors (Lipinski definition) is 3. The zero-order valence-corrected chi connectivity index (χ0v) is 28.3. The molecule has 0 spiro atoms. The highest BCUT2D eigenvalue weighted by Gasteiger charge is 2.63. The van der Waals surface area contributed by atoms with Crippen molar-refractivity contribution in [2.24, 2.45) is 11.3 Å². The number of carbonyl (C=O) groups excluding carboxylic acids is 2. The van der Waals surface area contributed by atoms with Crippen molar-refractivity contribution in [1.29, 1.82) is 0 Å². The highest BCUT2D eigenvalue weighted by molar-refractivity contribution is 7.91. The fraction of sp³-hybridized carbons (Fsp3) is 0.568. The van der Waals surface area contributed by atoms with Gasteiger partial charge in [-0.3, -0.25) is 9.59 Å². The summed E-state index contributed by atoms with van der Waals surface area (Å²) in [4.78, 5) is 30.1. The largest absolute Gasteiger partial charge is 0.508 e. The van der Waals surface area contributed by atoms with E-state index < -0.39 is 21.2 Å². The van der Waals surface area contributed by atoms with Crippen LogP contribution in [0.15, 0.2) is 36.4 Å². The number of aromatic nitrogens is 1. The molecular weight excluding hydrogens is 612 g/mol. The minimum Gasteiger partial charge on any atom is -0.508 e. The van der Waals surface area contributed by atoms with Crippen LogP contribution in [0.3, 0.4) is 0 Å². The van der Waals surface area contributed by atoms with Gasteiger partial charge in [-0.25, -0.2) is 13.1 Å². The Morgan fingerprint density at radius 3 is 2.45 bits per heavy atom. The number of nitrogens with one attached hydrogen (secondary N) is 2. The molecule has 4 heterocycles. The van der Waals surface area contributed by atoms with Crippen LogP contribution in [-0.2, 0) is 27.8 Å². The molecule has 5 aliphatic rings. The maximum atomic E-state index is 14.6. The van der Waals surface area contributed by atoms with Crippen molar-refractivity contribution in [2.75, 3.05) is 19.6 Å². The van der Waals surface area contributed by atoms with Crippen LogP contribution in [-0.4, -0.2) is 65.2 Å². The molecule has 9 nitrogen and oxygen atoms in total. The Bertz CT molecular complexity index is 1860. The smallest absolute Gasteiger partial charge is 0.264 e. The average Bonchev–Trinajstić information content (AvgIpc) is 3.87. The second-order valence-corrected chi connectivity index (χ2v) is 16.9. The molecule has 250 valence electrons. The van der Waals surface area contributed by atoms with Gasteiger partial charge in [-0.15, -0.1) is 0 Å². The Morgan fingerprint density at radius 2 is 1.79 bits per heavy atom. The van der Waals surface area contributed by atoms with Crippen LogP contribution in [0.1, 0.15) is 99.0 Å². The number of amides is 2. The summed E-state index contributed by atoms with van der Waals surface area (Å²) in [5.41, 5.74) is 5.51. The molecule has 3 aromatic rings. The van der Waals surface area contributed by atoms with E-state index in [1.54, 1.807) is 12.1 Å². The third-order valence-electron chi connectivity index (χ3n) is 12.5. The van der Waals surface area contributed by atoms with Crippen molar-refractivity contribution >= 4 is 32.7 Å². The standard InChI is InChI=1S/C37H46N4O5S/c1-3-36-20-38-37(36,4-2)22-40(21-36)35(44)26-16-25-17-27(42)11-15-29(25)33-32(23-8-6-5-7-9-23)30-14-10-24(18-31(30)41(33)19-26)34(43)39-47(45,46)28-12-13-28/h10-11,14-15,17-18,23,26,28,38,42H,3-9,12-13,16,19-22H2,1-2H3,(H,39,43). The summed E-state index contributed by atoms with van der Waals surface area (Å²) in [6.45, 7) is 7.27. The zero-order valence-electron chi connectivity index (χ0n) is 27.5. The normalized spacial score (nSPS) is 27.4. The lowest BCUT2D eigenvalue weighted by molar-refractivity contribution is -0.135. The first-order valence-electron chi connectivity index (χ1n) is 17.7. The number of phenolic OH excluding ortho intramolecular Hbond substituents is 1. The van der Waals surface area contributed by atoms with Gasteiger partial charge in [0.15, 0.2) is 0 Å². The highest BCUT2D eigenvalue weighted by Crippen LogP contribution is 2.51. The maximum Gasteiger partial charge on any atom is 0.264 e. The van der Waals surface area contributed by atoms with E-state index in [9.17, 15) is 23.1 Å². The Balaban J connectivity index is 1.26. The molecule has 10 heteroatoms. The SMILES string of the molecule is CCC12CNC1(CC)CN(C(=O)C1Cc3cc(O)ccc3-c3c(C4CCCCC4)c4ccc(C(=O)NS(=O)(=O)C5CC5)cc4n3C1)C2. The van der Waals surface area contributed by atoms with E-state index in [1.807, 2.05) is 24.3 Å². The summed E-state index contributed by atoms with van der Waals surface area (Å²) in [7, 11) is -3.70. The van der Waals surface area contributed by atoms with E-state index in [0.717, 1.165) is 79.3 Å². The third-order valence-corrected chi connectivity index (χ3v) is 14.3. The van der Waals surface area contributed by atoms with E-state index in [1.165, 1.54) is 12.0 Å². The van der Waals surface area contributed by atoms with E-state index in [-0.39, 0.29) is 28.5 Å². The molecule has 2 amide bonds. The fourth-order valence-corrected chi connectivity index (χ4v) is 10.8. The van der Waals surface area contributed by atoms with Gasteiger partial charge in [-0.2, -0.15) is 0 Å². The van der Waals surface area contributed by atoms with Crippen LogP contribution in [0.4, 0.5) is 0 Å². The van der Waals surface area contributed by atoms with Crippen molar-refractivity contribution in [3.8, 4) is 17.0 Å². The van der Waals surface area contributed by atoms with Gasteiger partial charge in [0.05, 0.1) is 16.9 Å². The predicted octanol–water partition coefficient (Wildman–Crippen LogP) is 5.45. The van der Waals surface area contributed by atoms with Gasteiger partial charge in [0.25, 0.3) is 5.91 Å². The van der Waals surface area contributed by atoms with Crippen LogP contribution in [0, 0.1) is 11.3 Å². The van der Waals surface area contributed by atoms with Crippen molar-refractivity contribution < 1.29 is 23.1 Å². The summed E-state index contributed by atoms with van der Waals surface area (Å²) in [5.74, 6) is -0.322. The number of benzene rings is 2. The number of sulfonamides is 1. The van der Waals surface area contributed by atoms with E-state index in [0.29, 0.717) is 43.8 Å². The molecule has 0 bridgehead atoms. The monoisotopic (exact) mass is 658 g/mol. The van der Waals surface area contributed by atoms with Gasteiger partial charge in [0.2, 0.25) is 15.9 Å². The van der Waals surface area contributed by atoms with Crippen LogP contribution < -0.4 is 10.0 Å². The average molecular weight is 659 g/mol. The lowest BCUT2D eigenvalue weighted by atomic mass is 9.62. The van der Waals surface area contributed by atoms with Crippen molar-refractivity contribution in [1.82, 2.24) is 19.5 Å². The summed E-state index contributed by atoms with van der Waals surface area (Å²) < 4.78 is 29.9. The molecular formula is C37H46N4O5S. The molecule has 1 aromatic heterocycles. The first-order chi connectivity index (χ1) is 22.6.